The van der Waals surface area contributed by atoms with Gasteiger partial charge in [0.2, 0.25) is 0 Å². The van der Waals surface area contributed by atoms with Crippen molar-refractivity contribution < 1.29 is 4.39 Å². The molecular formula is C12H12BrFN2. The monoisotopic (exact) mass is 282 g/mol. The van der Waals surface area contributed by atoms with Crippen molar-refractivity contribution in [2.45, 2.75) is 13.1 Å². The van der Waals surface area contributed by atoms with Crippen molar-refractivity contribution in [3.05, 3.63) is 58.1 Å². The number of hydrogen-bond acceptors (Lipinski definition) is 1. The Hall–Kier alpha value is -1.13. The zero-order chi connectivity index (χ0) is 11.5. The van der Waals surface area contributed by atoms with E-state index in [2.05, 4.69) is 15.9 Å². The summed E-state index contributed by atoms with van der Waals surface area (Å²) in [7, 11) is 0. The van der Waals surface area contributed by atoms with Crippen molar-refractivity contribution in [2.24, 2.45) is 5.73 Å². The number of rotatable bonds is 3. The zero-order valence-electron chi connectivity index (χ0n) is 8.66. The standard InChI is InChI=1S/C12H12BrFN2/c13-10-4-9(5-11(14)6-10)8-16-3-1-2-12(16)7-15/h1-6H,7-8,15H2. The average Bonchev–Trinajstić information content (AvgIpc) is 2.63. The fraction of sp³-hybridized carbons (Fsp3) is 0.167. The third-order valence-corrected chi connectivity index (χ3v) is 2.87. The minimum Gasteiger partial charge on any atom is -0.346 e. The van der Waals surface area contributed by atoms with Crippen molar-refractivity contribution in [1.82, 2.24) is 4.57 Å². The Balaban J connectivity index is 2.26. The number of aromatic nitrogens is 1. The Kier molecular flexibility index (Phi) is 3.41. The summed E-state index contributed by atoms with van der Waals surface area (Å²) >= 11 is 3.28. The first kappa shape index (κ1) is 11.4. The normalized spacial score (nSPS) is 10.7. The molecule has 4 heteroatoms. The lowest BCUT2D eigenvalue weighted by atomic mass is 10.2. The highest BCUT2D eigenvalue weighted by Gasteiger charge is 2.02. The second-order valence-corrected chi connectivity index (χ2v) is 4.52. The van der Waals surface area contributed by atoms with Gasteiger partial charge in [-0.1, -0.05) is 15.9 Å². The molecule has 2 N–H and O–H groups in total. The molecule has 0 spiro atoms. The van der Waals surface area contributed by atoms with Crippen molar-refractivity contribution in [3.63, 3.8) is 0 Å². The summed E-state index contributed by atoms with van der Waals surface area (Å²) < 4.78 is 15.9. The van der Waals surface area contributed by atoms with E-state index in [1.165, 1.54) is 12.1 Å². The Labute approximate surface area is 102 Å². The van der Waals surface area contributed by atoms with E-state index >= 15 is 0 Å². The molecule has 0 saturated heterocycles. The van der Waals surface area contributed by atoms with Crippen molar-refractivity contribution >= 4 is 15.9 Å². The molecule has 1 aromatic carbocycles. The van der Waals surface area contributed by atoms with E-state index in [1.807, 2.05) is 29.0 Å². The molecule has 0 unspecified atom stereocenters. The SMILES string of the molecule is NCc1cccn1Cc1cc(F)cc(Br)c1. The average molecular weight is 283 g/mol. The number of halogens is 2. The Morgan fingerprint density at radius 3 is 2.81 bits per heavy atom. The van der Waals surface area contributed by atoms with Gasteiger partial charge in [-0.2, -0.15) is 0 Å². The summed E-state index contributed by atoms with van der Waals surface area (Å²) in [5.41, 5.74) is 7.56. The summed E-state index contributed by atoms with van der Waals surface area (Å²) in [5, 5.41) is 0. The van der Waals surface area contributed by atoms with Crippen molar-refractivity contribution in [1.29, 1.82) is 0 Å². The molecule has 1 aromatic heterocycles. The van der Waals surface area contributed by atoms with Crippen LogP contribution in [0.1, 0.15) is 11.3 Å². The van der Waals surface area contributed by atoms with E-state index in [1.54, 1.807) is 0 Å². The molecule has 0 aliphatic carbocycles. The fourth-order valence-corrected chi connectivity index (χ4v) is 2.20. The third kappa shape index (κ3) is 2.51. The molecule has 2 nitrogen and oxygen atoms in total. The van der Waals surface area contributed by atoms with Gasteiger partial charge >= 0.3 is 0 Å². The summed E-state index contributed by atoms with van der Waals surface area (Å²) in [6, 6.07) is 8.79. The van der Waals surface area contributed by atoms with Gasteiger partial charge in [0.25, 0.3) is 0 Å². The van der Waals surface area contributed by atoms with Gasteiger partial charge in [0.1, 0.15) is 5.82 Å². The van der Waals surface area contributed by atoms with Gasteiger partial charge in [-0.3, -0.25) is 0 Å². The summed E-state index contributed by atoms with van der Waals surface area (Å²) in [5.74, 6) is -0.231. The van der Waals surface area contributed by atoms with Gasteiger partial charge in [0, 0.05) is 29.5 Å². The van der Waals surface area contributed by atoms with Crippen LogP contribution in [0.5, 0.6) is 0 Å². The lowest BCUT2D eigenvalue weighted by Gasteiger charge is -2.08. The minimum absolute atomic E-state index is 0.231. The second kappa shape index (κ2) is 4.80. The lowest BCUT2D eigenvalue weighted by Crippen LogP contribution is -2.07. The van der Waals surface area contributed by atoms with E-state index in [0.29, 0.717) is 13.1 Å². The van der Waals surface area contributed by atoms with E-state index in [4.69, 9.17) is 5.73 Å². The summed E-state index contributed by atoms with van der Waals surface area (Å²) in [4.78, 5) is 0. The molecule has 0 amide bonds. The van der Waals surface area contributed by atoms with Crippen molar-refractivity contribution in [3.8, 4) is 0 Å². The number of benzene rings is 1. The molecule has 0 aliphatic rings. The highest BCUT2D eigenvalue weighted by molar-refractivity contribution is 9.10. The molecule has 16 heavy (non-hydrogen) atoms. The molecule has 0 bridgehead atoms. The molecule has 2 aromatic rings. The predicted octanol–water partition coefficient (Wildman–Crippen LogP) is 2.90. The quantitative estimate of drug-likeness (QED) is 0.922. The van der Waals surface area contributed by atoms with Crippen LogP contribution in [-0.4, -0.2) is 4.57 Å². The van der Waals surface area contributed by atoms with Crippen LogP contribution in [0.15, 0.2) is 41.0 Å². The maximum absolute atomic E-state index is 13.2. The molecule has 0 fully saturated rings. The minimum atomic E-state index is -0.231. The molecule has 1 heterocycles. The third-order valence-electron chi connectivity index (χ3n) is 2.41. The van der Waals surface area contributed by atoms with Gasteiger partial charge in [0.05, 0.1) is 0 Å². The number of hydrogen-bond donors (Lipinski definition) is 1. The summed E-state index contributed by atoms with van der Waals surface area (Å²) in [6.07, 6.45) is 1.95. The molecule has 0 radical (unpaired) electrons. The van der Waals surface area contributed by atoms with Crippen LogP contribution in [-0.2, 0) is 13.1 Å². The van der Waals surface area contributed by atoms with Crippen LogP contribution in [0.2, 0.25) is 0 Å². The Bertz CT molecular complexity index is 473. The lowest BCUT2D eigenvalue weighted by molar-refractivity contribution is 0.621. The fourth-order valence-electron chi connectivity index (χ4n) is 1.69. The Morgan fingerprint density at radius 1 is 1.31 bits per heavy atom. The zero-order valence-corrected chi connectivity index (χ0v) is 10.2. The van der Waals surface area contributed by atoms with Gasteiger partial charge in [-0.25, -0.2) is 4.39 Å². The van der Waals surface area contributed by atoms with Gasteiger partial charge in [-0.15, -0.1) is 0 Å². The van der Waals surface area contributed by atoms with Crippen LogP contribution >= 0.6 is 15.9 Å². The van der Waals surface area contributed by atoms with Crippen LogP contribution in [0, 0.1) is 5.82 Å². The van der Waals surface area contributed by atoms with Crippen LogP contribution < -0.4 is 5.73 Å². The molecule has 0 atom stereocenters. The molecule has 0 saturated carbocycles. The number of nitrogens with two attached hydrogens (primary N) is 1. The first-order chi connectivity index (χ1) is 7.69. The number of nitrogens with zero attached hydrogens (tertiary/aromatic N) is 1. The van der Waals surface area contributed by atoms with Crippen LogP contribution in [0.25, 0.3) is 0 Å². The van der Waals surface area contributed by atoms with E-state index < -0.39 is 0 Å². The molecular weight excluding hydrogens is 271 g/mol. The largest absolute Gasteiger partial charge is 0.346 e. The predicted molar refractivity (Wildman–Crippen MR) is 65.5 cm³/mol. The maximum atomic E-state index is 13.2. The first-order valence-electron chi connectivity index (χ1n) is 4.98. The van der Waals surface area contributed by atoms with E-state index in [0.717, 1.165) is 15.7 Å². The van der Waals surface area contributed by atoms with Gasteiger partial charge in [-0.05, 0) is 35.9 Å². The Morgan fingerprint density at radius 2 is 2.12 bits per heavy atom. The molecule has 84 valence electrons. The molecule has 2 rings (SSSR count). The van der Waals surface area contributed by atoms with Crippen LogP contribution in [0.4, 0.5) is 4.39 Å². The van der Waals surface area contributed by atoms with Gasteiger partial charge in [0.15, 0.2) is 0 Å². The topological polar surface area (TPSA) is 30.9 Å². The van der Waals surface area contributed by atoms with E-state index in [-0.39, 0.29) is 5.82 Å². The highest BCUT2D eigenvalue weighted by atomic mass is 79.9. The summed E-state index contributed by atoms with van der Waals surface area (Å²) in [6.45, 7) is 1.12. The van der Waals surface area contributed by atoms with Gasteiger partial charge < -0.3 is 10.3 Å². The second-order valence-electron chi connectivity index (χ2n) is 3.61. The molecule has 0 aliphatic heterocycles. The maximum Gasteiger partial charge on any atom is 0.124 e. The smallest absolute Gasteiger partial charge is 0.124 e. The first-order valence-corrected chi connectivity index (χ1v) is 5.77. The highest BCUT2D eigenvalue weighted by Crippen LogP contribution is 2.16. The van der Waals surface area contributed by atoms with Crippen molar-refractivity contribution in [2.75, 3.05) is 0 Å². The van der Waals surface area contributed by atoms with E-state index in [9.17, 15) is 4.39 Å². The van der Waals surface area contributed by atoms with Crippen LogP contribution in [0.3, 0.4) is 0 Å².